The van der Waals surface area contributed by atoms with Crippen molar-refractivity contribution < 1.29 is 5.11 Å². The monoisotopic (exact) mass is 183 g/mol. The summed E-state index contributed by atoms with van der Waals surface area (Å²) in [5.74, 6) is 0. The first-order valence-corrected chi connectivity index (χ1v) is 4.48. The summed E-state index contributed by atoms with van der Waals surface area (Å²) in [5.41, 5.74) is 0.0144. The molecule has 1 unspecified atom stereocenters. The molecule has 0 spiro atoms. The Kier molecular flexibility index (Phi) is 3.06. The average molecular weight is 183 g/mol. The molecule has 1 atom stereocenters. The summed E-state index contributed by atoms with van der Waals surface area (Å²) >= 11 is 0. The minimum Gasteiger partial charge on any atom is -0.384 e. The van der Waals surface area contributed by atoms with Gasteiger partial charge in [-0.3, -0.25) is 4.68 Å². The lowest BCUT2D eigenvalue weighted by molar-refractivity contribution is 0.0575. The molecule has 1 aromatic rings. The SMILES string of the molecule is CCNCC(C)(O)c1cnn(C)c1. The van der Waals surface area contributed by atoms with Gasteiger partial charge < -0.3 is 10.4 Å². The van der Waals surface area contributed by atoms with E-state index in [4.69, 9.17) is 0 Å². The van der Waals surface area contributed by atoms with Crippen molar-refractivity contribution in [1.29, 1.82) is 0 Å². The second-order valence-electron chi connectivity index (χ2n) is 3.46. The maximum Gasteiger partial charge on any atom is 0.102 e. The third kappa shape index (κ3) is 2.54. The zero-order chi connectivity index (χ0) is 9.90. The van der Waals surface area contributed by atoms with Gasteiger partial charge in [0, 0.05) is 25.4 Å². The Labute approximate surface area is 78.6 Å². The van der Waals surface area contributed by atoms with Gasteiger partial charge >= 0.3 is 0 Å². The molecule has 1 rings (SSSR count). The van der Waals surface area contributed by atoms with Crippen LogP contribution in [0.15, 0.2) is 12.4 Å². The van der Waals surface area contributed by atoms with Gasteiger partial charge in [-0.05, 0) is 13.5 Å². The van der Waals surface area contributed by atoms with Crippen LogP contribution >= 0.6 is 0 Å². The summed E-state index contributed by atoms with van der Waals surface area (Å²) in [6, 6.07) is 0. The first-order valence-electron chi connectivity index (χ1n) is 4.48. The van der Waals surface area contributed by atoms with Gasteiger partial charge in [0.1, 0.15) is 5.60 Å². The largest absolute Gasteiger partial charge is 0.384 e. The quantitative estimate of drug-likeness (QED) is 0.703. The summed E-state index contributed by atoms with van der Waals surface area (Å²) in [6.45, 7) is 5.21. The smallest absolute Gasteiger partial charge is 0.102 e. The average Bonchev–Trinajstić information content (AvgIpc) is 2.49. The van der Waals surface area contributed by atoms with E-state index in [-0.39, 0.29) is 0 Å². The number of nitrogens with zero attached hydrogens (tertiary/aromatic N) is 2. The first-order chi connectivity index (χ1) is 6.06. The van der Waals surface area contributed by atoms with Crippen LogP contribution in [0.2, 0.25) is 0 Å². The van der Waals surface area contributed by atoms with E-state index in [1.165, 1.54) is 0 Å². The molecule has 0 aromatic carbocycles. The maximum absolute atomic E-state index is 10.0. The van der Waals surface area contributed by atoms with Crippen LogP contribution in [0, 0.1) is 0 Å². The highest BCUT2D eigenvalue weighted by atomic mass is 16.3. The number of hydrogen-bond donors (Lipinski definition) is 2. The van der Waals surface area contributed by atoms with E-state index in [1.807, 2.05) is 20.2 Å². The van der Waals surface area contributed by atoms with Crippen LogP contribution in [0.5, 0.6) is 0 Å². The van der Waals surface area contributed by atoms with Gasteiger partial charge in [0.05, 0.1) is 6.20 Å². The van der Waals surface area contributed by atoms with Gasteiger partial charge in [0.2, 0.25) is 0 Å². The van der Waals surface area contributed by atoms with E-state index in [1.54, 1.807) is 17.8 Å². The predicted molar refractivity (Wildman–Crippen MR) is 51.3 cm³/mol. The van der Waals surface area contributed by atoms with Crippen molar-refractivity contribution in [3.05, 3.63) is 18.0 Å². The van der Waals surface area contributed by atoms with Gasteiger partial charge in [-0.1, -0.05) is 6.92 Å². The summed E-state index contributed by atoms with van der Waals surface area (Å²) in [4.78, 5) is 0. The first kappa shape index (κ1) is 10.2. The van der Waals surface area contributed by atoms with Gasteiger partial charge in [0.25, 0.3) is 0 Å². The summed E-state index contributed by atoms with van der Waals surface area (Å²) < 4.78 is 1.69. The van der Waals surface area contributed by atoms with Crippen LogP contribution in [-0.2, 0) is 12.6 Å². The topological polar surface area (TPSA) is 50.1 Å². The van der Waals surface area contributed by atoms with Crippen molar-refractivity contribution in [3.63, 3.8) is 0 Å². The Hall–Kier alpha value is -0.870. The fraction of sp³-hybridized carbons (Fsp3) is 0.667. The van der Waals surface area contributed by atoms with Gasteiger partial charge in [-0.25, -0.2) is 0 Å². The molecule has 4 nitrogen and oxygen atoms in total. The molecule has 0 saturated heterocycles. The second kappa shape index (κ2) is 3.89. The number of rotatable bonds is 4. The third-order valence-corrected chi connectivity index (χ3v) is 2.05. The molecule has 0 fully saturated rings. The van der Waals surface area contributed by atoms with Gasteiger partial charge in [-0.2, -0.15) is 5.10 Å². The van der Waals surface area contributed by atoms with Crippen LogP contribution in [0.4, 0.5) is 0 Å². The minimum absolute atomic E-state index is 0.551. The Balaban J connectivity index is 2.68. The third-order valence-electron chi connectivity index (χ3n) is 2.05. The Morgan fingerprint density at radius 1 is 1.69 bits per heavy atom. The molecule has 2 N–H and O–H groups in total. The van der Waals surface area contributed by atoms with Gasteiger partial charge in [-0.15, -0.1) is 0 Å². The molecule has 1 aromatic heterocycles. The molecule has 0 bridgehead atoms. The highest BCUT2D eigenvalue weighted by Gasteiger charge is 2.23. The van der Waals surface area contributed by atoms with E-state index < -0.39 is 5.60 Å². The fourth-order valence-corrected chi connectivity index (χ4v) is 1.17. The molecular formula is C9H17N3O. The number of nitrogens with one attached hydrogen (secondary N) is 1. The fourth-order valence-electron chi connectivity index (χ4n) is 1.17. The Bertz CT molecular complexity index is 268. The zero-order valence-corrected chi connectivity index (χ0v) is 8.41. The number of aryl methyl sites for hydroxylation is 1. The number of likely N-dealkylation sites (N-methyl/N-ethyl adjacent to an activating group) is 1. The molecule has 0 aliphatic carbocycles. The van der Waals surface area contributed by atoms with Crippen molar-refractivity contribution in [2.75, 3.05) is 13.1 Å². The number of aliphatic hydroxyl groups is 1. The molecular weight excluding hydrogens is 166 g/mol. The highest BCUT2D eigenvalue weighted by molar-refractivity contribution is 5.14. The molecule has 0 aliphatic heterocycles. The van der Waals surface area contributed by atoms with Crippen LogP contribution in [-0.4, -0.2) is 28.0 Å². The van der Waals surface area contributed by atoms with Crippen LogP contribution < -0.4 is 5.32 Å². The van der Waals surface area contributed by atoms with Gasteiger partial charge in [0.15, 0.2) is 0 Å². The molecule has 0 aliphatic rings. The zero-order valence-electron chi connectivity index (χ0n) is 8.41. The second-order valence-corrected chi connectivity index (χ2v) is 3.46. The van der Waals surface area contributed by atoms with Crippen molar-refractivity contribution >= 4 is 0 Å². The molecule has 0 amide bonds. The minimum atomic E-state index is -0.829. The molecule has 13 heavy (non-hydrogen) atoms. The molecule has 74 valence electrons. The lowest BCUT2D eigenvalue weighted by atomic mass is 10.00. The Morgan fingerprint density at radius 2 is 2.38 bits per heavy atom. The number of aromatic nitrogens is 2. The Morgan fingerprint density at radius 3 is 2.85 bits per heavy atom. The highest BCUT2D eigenvalue weighted by Crippen LogP contribution is 2.18. The van der Waals surface area contributed by atoms with Crippen molar-refractivity contribution in [2.45, 2.75) is 19.4 Å². The lowest BCUT2D eigenvalue weighted by Gasteiger charge is -2.21. The summed E-state index contributed by atoms with van der Waals surface area (Å²) in [5, 5.41) is 17.1. The molecule has 0 radical (unpaired) electrons. The van der Waals surface area contributed by atoms with Crippen LogP contribution in [0.1, 0.15) is 19.4 Å². The molecule has 0 saturated carbocycles. The maximum atomic E-state index is 10.0. The molecule has 1 heterocycles. The summed E-state index contributed by atoms with van der Waals surface area (Å²) in [6.07, 6.45) is 3.52. The number of hydrogen-bond acceptors (Lipinski definition) is 3. The predicted octanol–water partition coefficient (Wildman–Crippen LogP) is 0.237. The van der Waals surface area contributed by atoms with E-state index >= 15 is 0 Å². The lowest BCUT2D eigenvalue weighted by Crippen LogP contribution is -2.35. The standard InChI is InChI=1S/C9H17N3O/c1-4-10-7-9(2,13)8-5-11-12(3)6-8/h5-6,10,13H,4,7H2,1-3H3. The van der Waals surface area contributed by atoms with E-state index in [0.717, 1.165) is 12.1 Å². The summed E-state index contributed by atoms with van der Waals surface area (Å²) in [7, 11) is 1.84. The molecule has 4 heteroatoms. The van der Waals surface area contributed by atoms with Crippen molar-refractivity contribution in [2.24, 2.45) is 7.05 Å². The van der Waals surface area contributed by atoms with E-state index in [9.17, 15) is 5.11 Å². The van der Waals surface area contributed by atoms with Crippen molar-refractivity contribution in [1.82, 2.24) is 15.1 Å². The van der Waals surface area contributed by atoms with Crippen LogP contribution in [0.25, 0.3) is 0 Å². The van der Waals surface area contributed by atoms with Crippen molar-refractivity contribution in [3.8, 4) is 0 Å². The van der Waals surface area contributed by atoms with Crippen LogP contribution in [0.3, 0.4) is 0 Å². The van der Waals surface area contributed by atoms with E-state index in [0.29, 0.717) is 6.54 Å². The van der Waals surface area contributed by atoms with E-state index in [2.05, 4.69) is 10.4 Å². The normalized spacial score (nSPS) is 15.7.